The van der Waals surface area contributed by atoms with E-state index in [1.807, 2.05) is 18.2 Å². The lowest BCUT2D eigenvalue weighted by Gasteiger charge is -2.05. The van der Waals surface area contributed by atoms with Crippen molar-refractivity contribution in [2.24, 2.45) is 5.73 Å². The Morgan fingerprint density at radius 2 is 2.15 bits per heavy atom. The number of hydrogen-bond donors (Lipinski definition) is 2. The predicted molar refractivity (Wildman–Crippen MR) is 78.1 cm³/mol. The summed E-state index contributed by atoms with van der Waals surface area (Å²) in [5, 5.41) is 10.5. The fraction of sp³-hybridized carbons (Fsp3) is 0.308. The molecule has 0 saturated carbocycles. The Balaban J connectivity index is 1.65. The molecule has 1 aromatic heterocycles. The highest BCUT2D eigenvalue weighted by Crippen LogP contribution is 2.15. The van der Waals surface area contributed by atoms with Crippen molar-refractivity contribution in [2.45, 2.75) is 18.0 Å². The normalized spacial score (nSPS) is 10.4. The second-order valence-electron chi connectivity index (χ2n) is 4.12. The molecule has 20 heavy (non-hydrogen) atoms. The third kappa shape index (κ3) is 4.67. The minimum absolute atomic E-state index is 0.0767. The van der Waals surface area contributed by atoms with Gasteiger partial charge in [-0.3, -0.25) is 4.79 Å². The SMILES string of the molecule is NCc1cn(CC(=O)NCCSc2ccccc2)nn1. The van der Waals surface area contributed by atoms with E-state index in [9.17, 15) is 4.79 Å². The zero-order valence-corrected chi connectivity index (χ0v) is 11.8. The van der Waals surface area contributed by atoms with E-state index in [2.05, 4.69) is 27.8 Å². The van der Waals surface area contributed by atoms with E-state index in [-0.39, 0.29) is 12.5 Å². The van der Waals surface area contributed by atoms with Crippen LogP contribution < -0.4 is 11.1 Å². The number of thioether (sulfide) groups is 1. The molecule has 0 unspecified atom stereocenters. The van der Waals surface area contributed by atoms with Crippen LogP contribution in [-0.4, -0.2) is 33.2 Å². The summed E-state index contributed by atoms with van der Waals surface area (Å²) in [5.74, 6) is 0.758. The number of carbonyl (C=O) groups is 1. The van der Waals surface area contributed by atoms with Crippen molar-refractivity contribution in [1.82, 2.24) is 20.3 Å². The van der Waals surface area contributed by atoms with Crippen molar-refractivity contribution < 1.29 is 4.79 Å². The van der Waals surface area contributed by atoms with Crippen LogP contribution in [0.15, 0.2) is 41.4 Å². The molecule has 0 saturated heterocycles. The molecule has 2 aromatic rings. The molecule has 0 spiro atoms. The number of benzene rings is 1. The number of hydrogen-bond acceptors (Lipinski definition) is 5. The number of amides is 1. The lowest BCUT2D eigenvalue weighted by Crippen LogP contribution is -2.29. The van der Waals surface area contributed by atoms with Crippen molar-refractivity contribution in [1.29, 1.82) is 0 Å². The molecule has 106 valence electrons. The number of aromatic nitrogens is 3. The van der Waals surface area contributed by atoms with E-state index in [0.29, 0.717) is 18.8 Å². The van der Waals surface area contributed by atoms with Gasteiger partial charge in [0.05, 0.1) is 11.9 Å². The van der Waals surface area contributed by atoms with Gasteiger partial charge in [0.1, 0.15) is 6.54 Å². The maximum absolute atomic E-state index is 11.7. The molecule has 6 nitrogen and oxygen atoms in total. The lowest BCUT2D eigenvalue weighted by atomic mass is 10.4. The third-order valence-electron chi connectivity index (χ3n) is 2.54. The van der Waals surface area contributed by atoms with Gasteiger partial charge in [0.15, 0.2) is 0 Å². The zero-order valence-electron chi connectivity index (χ0n) is 11.0. The van der Waals surface area contributed by atoms with Crippen LogP contribution in [-0.2, 0) is 17.9 Å². The van der Waals surface area contributed by atoms with E-state index in [1.54, 1.807) is 18.0 Å². The molecule has 0 aliphatic heterocycles. The standard InChI is InChI=1S/C13H17N5OS/c14-8-11-9-18(17-16-11)10-13(19)15-6-7-20-12-4-2-1-3-5-12/h1-5,9H,6-8,10,14H2,(H,15,19). The van der Waals surface area contributed by atoms with Gasteiger partial charge >= 0.3 is 0 Å². The molecule has 0 fully saturated rings. The van der Waals surface area contributed by atoms with Gasteiger partial charge in [-0.15, -0.1) is 16.9 Å². The van der Waals surface area contributed by atoms with E-state index < -0.39 is 0 Å². The largest absolute Gasteiger partial charge is 0.354 e. The van der Waals surface area contributed by atoms with Crippen LogP contribution in [0.5, 0.6) is 0 Å². The number of nitrogens with one attached hydrogen (secondary N) is 1. The molecule has 0 radical (unpaired) electrons. The number of carbonyl (C=O) groups excluding carboxylic acids is 1. The molecule has 0 bridgehead atoms. The molecular weight excluding hydrogens is 274 g/mol. The summed E-state index contributed by atoms with van der Waals surface area (Å²) in [6.07, 6.45) is 1.68. The Hall–Kier alpha value is -1.86. The van der Waals surface area contributed by atoms with E-state index in [1.165, 1.54) is 9.58 Å². The zero-order chi connectivity index (χ0) is 14.2. The number of rotatable bonds is 7. The summed E-state index contributed by atoms with van der Waals surface area (Å²) in [4.78, 5) is 12.9. The fourth-order valence-electron chi connectivity index (χ4n) is 1.59. The van der Waals surface area contributed by atoms with Crippen LogP contribution in [0.25, 0.3) is 0 Å². The lowest BCUT2D eigenvalue weighted by molar-refractivity contribution is -0.121. The summed E-state index contributed by atoms with van der Waals surface area (Å²) in [6.45, 7) is 1.12. The van der Waals surface area contributed by atoms with Crippen LogP contribution in [0.2, 0.25) is 0 Å². The predicted octanol–water partition coefficient (Wildman–Crippen LogP) is 0.645. The fourth-order valence-corrected chi connectivity index (χ4v) is 2.38. The quantitative estimate of drug-likeness (QED) is 0.578. The molecule has 7 heteroatoms. The highest BCUT2D eigenvalue weighted by molar-refractivity contribution is 7.99. The van der Waals surface area contributed by atoms with E-state index in [4.69, 9.17) is 5.73 Å². The van der Waals surface area contributed by atoms with Crippen molar-refractivity contribution in [2.75, 3.05) is 12.3 Å². The minimum atomic E-state index is -0.0767. The summed E-state index contributed by atoms with van der Waals surface area (Å²) in [7, 11) is 0. The Morgan fingerprint density at radius 1 is 1.35 bits per heavy atom. The maximum atomic E-state index is 11.7. The highest BCUT2D eigenvalue weighted by Gasteiger charge is 2.04. The van der Waals surface area contributed by atoms with Crippen molar-refractivity contribution in [3.05, 3.63) is 42.2 Å². The third-order valence-corrected chi connectivity index (χ3v) is 3.55. The molecule has 1 aromatic carbocycles. The first-order chi connectivity index (χ1) is 9.78. The van der Waals surface area contributed by atoms with Crippen LogP contribution in [0.3, 0.4) is 0 Å². The van der Waals surface area contributed by atoms with Gasteiger partial charge in [0.25, 0.3) is 0 Å². The molecule has 0 aliphatic rings. The van der Waals surface area contributed by atoms with Gasteiger partial charge in [0, 0.05) is 23.7 Å². The number of nitrogens with zero attached hydrogens (tertiary/aromatic N) is 3. The summed E-state index contributed by atoms with van der Waals surface area (Å²) in [5.41, 5.74) is 6.11. The summed E-state index contributed by atoms with van der Waals surface area (Å²) >= 11 is 1.71. The van der Waals surface area contributed by atoms with Gasteiger partial charge in [-0.1, -0.05) is 23.4 Å². The maximum Gasteiger partial charge on any atom is 0.241 e. The summed E-state index contributed by atoms with van der Waals surface area (Å²) < 4.78 is 1.49. The molecule has 3 N–H and O–H groups in total. The average Bonchev–Trinajstić information content (AvgIpc) is 2.92. The molecule has 1 heterocycles. The van der Waals surface area contributed by atoms with Gasteiger partial charge in [-0.25, -0.2) is 4.68 Å². The first kappa shape index (κ1) is 14.5. The minimum Gasteiger partial charge on any atom is -0.354 e. The molecular formula is C13H17N5OS. The van der Waals surface area contributed by atoms with Crippen molar-refractivity contribution in [3.8, 4) is 0 Å². The molecule has 1 amide bonds. The van der Waals surface area contributed by atoms with Gasteiger partial charge < -0.3 is 11.1 Å². The molecule has 0 aliphatic carbocycles. The smallest absolute Gasteiger partial charge is 0.241 e. The first-order valence-electron chi connectivity index (χ1n) is 6.31. The number of nitrogens with two attached hydrogens (primary N) is 1. The van der Waals surface area contributed by atoms with Crippen LogP contribution >= 0.6 is 11.8 Å². The van der Waals surface area contributed by atoms with Crippen LogP contribution in [0, 0.1) is 0 Å². The van der Waals surface area contributed by atoms with E-state index >= 15 is 0 Å². The summed E-state index contributed by atoms with van der Waals surface area (Å²) in [6, 6.07) is 10.1. The molecule has 0 atom stereocenters. The highest BCUT2D eigenvalue weighted by atomic mass is 32.2. The average molecular weight is 291 g/mol. The first-order valence-corrected chi connectivity index (χ1v) is 7.30. The second-order valence-corrected chi connectivity index (χ2v) is 5.29. The topological polar surface area (TPSA) is 85.8 Å². The van der Waals surface area contributed by atoms with Crippen molar-refractivity contribution in [3.63, 3.8) is 0 Å². The van der Waals surface area contributed by atoms with Gasteiger partial charge in [-0.05, 0) is 12.1 Å². The Bertz CT molecular complexity index is 543. The Labute approximate surface area is 121 Å². The van der Waals surface area contributed by atoms with Crippen molar-refractivity contribution >= 4 is 17.7 Å². The van der Waals surface area contributed by atoms with Crippen LogP contribution in [0.1, 0.15) is 5.69 Å². The monoisotopic (exact) mass is 291 g/mol. The second kappa shape index (κ2) is 7.66. The molecule has 2 rings (SSSR count). The van der Waals surface area contributed by atoms with E-state index in [0.717, 1.165) is 5.75 Å². The Kier molecular flexibility index (Phi) is 5.57. The van der Waals surface area contributed by atoms with Crippen LogP contribution in [0.4, 0.5) is 0 Å². The Morgan fingerprint density at radius 3 is 2.85 bits per heavy atom. The van der Waals surface area contributed by atoms with Gasteiger partial charge in [-0.2, -0.15) is 0 Å². The van der Waals surface area contributed by atoms with Gasteiger partial charge in [0.2, 0.25) is 5.91 Å².